The molecule has 0 saturated carbocycles. The van der Waals surface area contributed by atoms with Crippen LogP contribution in [0.5, 0.6) is 0 Å². The van der Waals surface area contributed by atoms with Crippen LogP contribution in [0.3, 0.4) is 0 Å². The minimum atomic E-state index is -0.589. The molecule has 0 aliphatic carbocycles. The van der Waals surface area contributed by atoms with E-state index in [9.17, 15) is 5.11 Å². The highest BCUT2D eigenvalue weighted by molar-refractivity contribution is 7.99. The fourth-order valence-corrected chi connectivity index (χ4v) is 3.71. The van der Waals surface area contributed by atoms with Gasteiger partial charge in [-0.2, -0.15) is 11.8 Å². The molecule has 1 heterocycles. The second kappa shape index (κ2) is 7.30. The number of aliphatic hydroxyl groups excluding tert-OH is 1. The van der Waals surface area contributed by atoms with Crippen molar-refractivity contribution in [2.24, 2.45) is 5.92 Å². The molecule has 3 nitrogen and oxygen atoms in total. The van der Waals surface area contributed by atoms with Gasteiger partial charge >= 0.3 is 0 Å². The maximum atomic E-state index is 9.89. The second-order valence-electron chi connectivity index (χ2n) is 6.09. The molecule has 114 valence electrons. The van der Waals surface area contributed by atoms with E-state index in [0.717, 1.165) is 0 Å². The van der Waals surface area contributed by atoms with Crippen LogP contribution in [-0.2, 0) is 9.47 Å². The third-order valence-electron chi connectivity index (χ3n) is 3.78. The Hall–Kier alpha value is 0.230. The summed E-state index contributed by atoms with van der Waals surface area (Å²) in [5.41, 5.74) is 0. The number of aliphatic hydroxyl groups is 1. The van der Waals surface area contributed by atoms with Crippen LogP contribution >= 0.6 is 11.8 Å². The molecule has 1 fully saturated rings. The van der Waals surface area contributed by atoms with Crippen molar-refractivity contribution in [3.05, 3.63) is 0 Å². The highest BCUT2D eigenvalue weighted by atomic mass is 32.2. The minimum absolute atomic E-state index is 0.0286. The Morgan fingerprint density at radius 3 is 2.26 bits per heavy atom. The van der Waals surface area contributed by atoms with E-state index in [1.807, 2.05) is 25.6 Å². The fraction of sp³-hybridized carbons (Fsp3) is 1.00. The molecule has 0 radical (unpaired) electrons. The van der Waals surface area contributed by atoms with Crippen molar-refractivity contribution in [1.29, 1.82) is 0 Å². The van der Waals surface area contributed by atoms with E-state index in [0.29, 0.717) is 11.2 Å². The maximum absolute atomic E-state index is 9.89. The topological polar surface area (TPSA) is 38.7 Å². The second-order valence-corrected chi connectivity index (χ2v) is 7.58. The Balaban J connectivity index is 2.60. The van der Waals surface area contributed by atoms with E-state index in [4.69, 9.17) is 9.47 Å². The Bertz CT molecular complexity index is 268. The minimum Gasteiger partial charge on any atom is -0.391 e. The summed E-state index contributed by atoms with van der Waals surface area (Å²) in [5.74, 6) is 0.968. The largest absolute Gasteiger partial charge is 0.391 e. The average Bonchev–Trinajstić information content (AvgIpc) is 2.64. The zero-order valence-corrected chi connectivity index (χ0v) is 14.0. The lowest BCUT2D eigenvalue weighted by Gasteiger charge is -2.29. The van der Waals surface area contributed by atoms with Crippen LogP contribution in [-0.4, -0.2) is 40.2 Å². The summed E-state index contributed by atoms with van der Waals surface area (Å²) in [4.78, 5) is 0. The molecule has 1 saturated heterocycles. The van der Waals surface area contributed by atoms with Gasteiger partial charge in [0.1, 0.15) is 6.10 Å². The quantitative estimate of drug-likeness (QED) is 0.729. The predicted molar refractivity (Wildman–Crippen MR) is 81.5 cm³/mol. The molecular weight excluding hydrogens is 260 g/mol. The van der Waals surface area contributed by atoms with Gasteiger partial charge in [-0.15, -0.1) is 0 Å². The van der Waals surface area contributed by atoms with Crippen molar-refractivity contribution < 1.29 is 14.6 Å². The first-order valence-corrected chi connectivity index (χ1v) is 8.48. The molecule has 5 atom stereocenters. The first-order chi connectivity index (χ1) is 8.78. The van der Waals surface area contributed by atoms with Gasteiger partial charge in [0.2, 0.25) is 0 Å². The van der Waals surface area contributed by atoms with E-state index < -0.39 is 11.9 Å². The first kappa shape index (κ1) is 17.3. The molecule has 1 aliphatic rings. The molecule has 5 unspecified atom stereocenters. The number of thioether (sulfide) groups is 1. The van der Waals surface area contributed by atoms with E-state index in [1.54, 1.807) is 6.92 Å². The SMILES string of the molecule is CCCCSC(C)C(C)C1OC(C)(C)OC1C(C)O. The number of unbranched alkanes of at least 4 members (excludes halogenated alkanes) is 1. The lowest BCUT2D eigenvalue weighted by Crippen LogP contribution is -2.40. The Morgan fingerprint density at radius 2 is 1.74 bits per heavy atom. The van der Waals surface area contributed by atoms with Gasteiger partial charge in [0.15, 0.2) is 5.79 Å². The standard InChI is InChI=1S/C15H30O3S/c1-7-8-9-19-12(4)10(2)13-14(11(3)16)18-15(5,6)17-13/h10-14,16H,7-9H2,1-6H3. The third kappa shape index (κ3) is 4.92. The molecule has 4 heteroatoms. The van der Waals surface area contributed by atoms with Gasteiger partial charge < -0.3 is 14.6 Å². The van der Waals surface area contributed by atoms with Crippen LogP contribution < -0.4 is 0 Å². The van der Waals surface area contributed by atoms with Crippen molar-refractivity contribution in [3.63, 3.8) is 0 Å². The van der Waals surface area contributed by atoms with Gasteiger partial charge in [-0.05, 0) is 38.9 Å². The average molecular weight is 290 g/mol. The van der Waals surface area contributed by atoms with E-state index >= 15 is 0 Å². The number of ether oxygens (including phenoxy) is 2. The third-order valence-corrected chi connectivity index (χ3v) is 5.26. The zero-order valence-electron chi connectivity index (χ0n) is 13.2. The maximum Gasteiger partial charge on any atom is 0.163 e. The Morgan fingerprint density at radius 1 is 1.16 bits per heavy atom. The van der Waals surface area contributed by atoms with Crippen molar-refractivity contribution in [2.75, 3.05) is 5.75 Å². The normalized spacial score (nSPS) is 31.1. The van der Waals surface area contributed by atoms with Crippen LogP contribution in [0.2, 0.25) is 0 Å². The molecule has 1 N–H and O–H groups in total. The van der Waals surface area contributed by atoms with Crippen LogP contribution in [0.15, 0.2) is 0 Å². The van der Waals surface area contributed by atoms with E-state index in [-0.39, 0.29) is 12.2 Å². The summed E-state index contributed by atoms with van der Waals surface area (Å²) >= 11 is 1.99. The van der Waals surface area contributed by atoms with Crippen molar-refractivity contribution in [1.82, 2.24) is 0 Å². The molecule has 0 bridgehead atoms. The monoisotopic (exact) mass is 290 g/mol. The molecule has 0 spiro atoms. The van der Waals surface area contributed by atoms with Crippen LogP contribution in [0.1, 0.15) is 54.4 Å². The zero-order chi connectivity index (χ0) is 14.6. The van der Waals surface area contributed by atoms with E-state index in [1.165, 1.54) is 18.6 Å². The molecule has 0 aromatic rings. The summed E-state index contributed by atoms with van der Waals surface area (Å²) in [6, 6.07) is 0. The summed E-state index contributed by atoms with van der Waals surface area (Å²) in [6.07, 6.45) is 1.75. The van der Waals surface area contributed by atoms with Gasteiger partial charge in [-0.1, -0.05) is 27.2 Å². The van der Waals surface area contributed by atoms with Crippen LogP contribution in [0.4, 0.5) is 0 Å². The van der Waals surface area contributed by atoms with Crippen LogP contribution in [0.25, 0.3) is 0 Å². The van der Waals surface area contributed by atoms with E-state index in [2.05, 4.69) is 20.8 Å². The summed E-state index contributed by atoms with van der Waals surface area (Å²) < 4.78 is 11.9. The van der Waals surface area contributed by atoms with Gasteiger partial charge in [0.05, 0.1) is 12.2 Å². The molecule has 0 amide bonds. The summed E-state index contributed by atoms with van der Waals surface area (Å²) in [7, 11) is 0. The number of hydrogen-bond donors (Lipinski definition) is 1. The molecule has 0 aromatic carbocycles. The Labute approximate surface area is 122 Å². The lowest BCUT2D eigenvalue weighted by molar-refractivity contribution is -0.156. The Kier molecular flexibility index (Phi) is 6.64. The first-order valence-electron chi connectivity index (χ1n) is 7.43. The van der Waals surface area contributed by atoms with Gasteiger partial charge in [0, 0.05) is 5.25 Å². The van der Waals surface area contributed by atoms with Crippen molar-refractivity contribution in [3.8, 4) is 0 Å². The molecular formula is C15H30O3S. The smallest absolute Gasteiger partial charge is 0.163 e. The van der Waals surface area contributed by atoms with Gasteiger partial charge in [-0.3, -0.25) is 0 Å². The molecule has 19 heavy (non-hydrogen) atoms. The lowest BCUT2D eigenvalue weighted by atomic mass is 9.94. The summed E-state index contributed by atoms with van der Waals surface area (Å²) in [6.45, 7) is 12.3. The molecule has 1 aliphatic heterocycles. The van der Waals surface area contributed by atoms with Crippen molar-refractivity contribution >= 4 is 11.8 Å². The predicted octanol–water partition coefficient (Wildman–Crippen LogP) is 3.45. The van der Waals surface area contributed by atoms with Crippen LogP contribution in [0, 0.1) is 5.92 Å². The number of rotatable bonds is 7. The summed E-state index contributed by atoms with van der Waals surface area (Å²) in [5, 5.41) is 10.4. The van der Waals surface area contributed by atoms with Crippen molar-refractivity contribution in [2.45, 2.75) is 83.7 Å². The van der Waals surface area contributed by atoms with Gasteiger partial charge in [-0.25, -0.2) is 0 Å². The molecule has 0 aromatic heterocycles. The highest BCUT2D eigenvalue weighted by Gasteiger charge is 2.46. The van der Waals surface area contributed by atoms with Gasteiger partial charge in [0.25, 0.3) is 0 Å². The molecule has 1 rings (SSSR count). The number of hydrogen-bond acceptors (Lipinski definition) is 4. The fourth-order valence-electron chi connectivity index (χ4n) is 2.43. The highest BCUT2D eigenvalue weighted by Crippen LogP contribution is 2.37.